The van der Waals surface area contributed by atoms with Crippen molar-refractivity contribution in [3.05, 3.63) is 71.2 Å². The molecule has 11 heteroatoms. The van der Waals surface area contributed by atoms with Gasteiger partial charge in [0.1, 0.15) is 11.6 Å². The van der Waals surface area contributed by atoms with E-state index < -0.39 is 18.3 Å². The van der Waals surface area contributed by atoms with Crippen LogP contribution in [0.2, 0.25) is 0 Å². The molecule has 1 saturated heterocycles. The number of pyridine rings is 2. The van der Waals surface area contributed by atoms with Gasteiger partial charge in [-0.2, -0.15) is 5.10 Å². The summed E-state index contributed by atoms with van der Waals surface area (Å²) in [6.07, 6.45) is 5.41. The highest BCUT2D eigenvalue weighted by atomic mass is 16.7. The Bertz CT molecular complexity index is 1520. The smallest absolute Gasteiger partial charge is 0.305 e. The van der Waals surface area contributed by atoms with Gasteiger partial charge in [-0.15, -0.1) is 0 Å². The highest BCUT2D eigenvalue weighted by molar-refractivity contribution is 5.81. The molecule has 0 bridgehead atoms. The number of nitrogens with zero attached hydrogens (tertiary/aromatic N) is 4. The number of nitrogens with one attached hydrogen (secondary N) is 1. The fourth-order valence-electron chi connectivity index (χ4n) is 5.21. The molecule has 1 unspecified atom stereocenters. The minimum atomic E-state index is -0.953. The molecule has 3 aromatic heterocycles. The standard InChI is InChI=1S/C29H31N5O6/c1-37-28-23(29-39-11-12-40-29)14-20(16-31-28)25(15-26(35)36)34-24-7-6-22(13-19(24)17-32-34)38-10-8-21-5-4-18-3-2-9-30-27(18)33-21/h4-7,13-14,16-17,25,29H,2-3,8-12,15H2,1H3,(H,30,33)(H,35,36). The van der Waals surface area contributed by atoms with E-state index in [0.717, 1.165) is 41.8 Å². The molecule has 208 valence electrons. The maximum absolute atomic E-state index is 11.9. The van der Waals surface area contributed by atoms with Crippen molar-refractivity contribution >= 4 is 22.7 Å². The van der Waals surface area contributed by atoms with Crippen molar-refractivity contribution in [3.8, 4) is 11.6 Å². The van der Waals surface area contributed by atoms with Crippen LogP contribution in [0.1, 0.15) is 47.6 Å². The number of benzene rings is 1. The van der Waals surface area contributed by atoms with Crippen molar-refractivity contribution in [1.29, 1.82) is 0 Å². The van der Waals surface area contributed by atoms with E-state index in [1.165, 1.54) is 12.7 Å². The van der Waals surface area contributed by atoms with Crippen LogP contribution in [-0.2, 0) is 27.1 Å². The first-order valence-corrected chi connectivity index (χ1v) is 13.4. The second-order valence-corrected chi connectivity index (χ2v) is 9.80. The lowest BCUT2D eigenvalue weighted by molar-refractivity contribution is -0.137. The number of hydrogen-bond donors (Lipinski definition) is 2. The number of aryl methyl sites for hydroxylation is 1. The molecular weight excluding hydrogens is 514 g/mol. The van der Waals surface area contributed by atoms with Crippen LogP contribution in [0.15, 0.2) is 48.8 Å². The molecule has 0 spiro atoms. The number of rotatable bonds is 10. The third-order valence-electron chi connectivity index (χ3n) is 7.16. The molecule has 5 heterocycles. The molecule has 40 heavy (non-hydrogen) atoms. The van der Waals surface area contributed by atoms with Crippen LogP contribution in [0.3, 0.4) is 0 Å². The number of aromatic nitrogens is 4. The van der Waals surface area contributed by atoms with Crippen molar-refractivity contribution in [2.75, 3.05) is 38.8 Å². The summed E-state index contributed by atoms with van der Waals surface area (Å²) in [5.74, 6) is 1.11. The molecule has 6 rings (SSSR count). The molecule has 0 amide bonds. The zero-order valence-electron chi connectivity index (χ0n) is 22.2. The van der Waals surface area contributed by atoms with Crippen LogP contribution < -0.4 is 14.8 Å². The highest BCUT2D eigenvalue weighted by Gasteiger charge is 2.27. The zero-order valence-corrected chi connectivity index (χ0v) is 22.2. The molecule has 2 aliphatic rings. The third-order valence-corrected chi connectivity index (χ3v) is 7.16. The van der Waals surface area contributed by atoms with E-state index in [-0.39, 0.29) is 6.42 Å². The normalized spacial score (nSPS) is 15.9. The third kappa shape index (κ3) is 5.43. The van der Waals surface area contributed by atoms with Gasteiger partial charge in [-0.05, 0) is 54.3 Å². The van der Waals surface area contributed by atoms with Gasteiger partial charge in [0.05, 0.1) is 56.7 Å². The molecule has 1 fully saturated rings. The summed E-state index contributed by atoms with van der Waals surface area (Å²) < 4.78 is 24.5. The van der Waals surface area contributed by atoms with E-state index in [1.807, 2.05) is 24.3 Å². The fraction of sp³-hybridized carbons (Fsp3) is 0.379. The first-order chi connectivity index (χ1) is 19.6. The predicted molar refractivity (Wildman–Crippen MR) is 146 cm³/mol. The number of methoxy groups -OCH3 is 1. The Morgan fingerprint density at radius 2 is 2.08 bits per heavy atom. The summed E-state index contributed by atoms with van der Waals surface area (Å²) in [6, 6.07) is 11.1. The molecule has 2 N–H and O–H groups in total. The Morgan fingerprint density at radius 1 is 1.20 bits per heavy atom. The molecule has 2 aliphatic heterocycles. The highest BCUT2D eigenvalue weighted by Crippen LogP contribution is 2.34. The minimum absolute atomic E-state index is 0.183. The van der Waals surface area contributed by atoms with Gasteiger partial charge in [-0.25, -0.2) is 9.97 Å². The number of carboxylic acids is 1. The van der Waals surface area contributed by atoms with Crippen LogP contribution in [0.25, 0.3) is 10.9 Å². The Balaban J connectivity index is 1.21. The van der Waals surface area contributed by atoms with E-state index >= 15 is 0 Å². The van der Waals surface area contributed by atoms with Gasteiger partial charge < -0.3 is 29.4 Å². The van der Waals surface area contributed by atoms with Crippen molar-refractivity contribution < 1.29 is 28.8 Å². The first kappa shape index (κ1) is 26.0. The molecule has 0 radical (unpaired) electrons. The maximum atomic E-state index is 11.9. The van der Waals surface area contributed by atoms with Crippen LogP contribution in [0, 0.1) is 0 Å². The Morgan fingerprint density at radius 3 is 2.90 bits per heavy atom. The Kier molecular flexibility index (Phi) is 7.47. The SMILES string of the molecule is COc1ncc(C(CC(=O)O)n2ncc3cc(OCCc4ccc5c(n4)NCCC5)ccc32)cc1C1OCCO1. The number of hydrogen-bond acceptors (Lipinski definition) is 9. The number of ether oxygens (including phenoxy) is 4. The summed E-state index contributed by atoms with van der Waals surface area (Å²) in [7, 11) is 1.52. The van der Waals surface area contributed by atoms with Gasteiger partial charge in [-0.3, -0.25) is 9.48 Å². The largest absolute Gasteiger partial charge is 0.493 e. The number of fused-ring (bicyclic) bond motifs is 2. The van der Waals surface area contributed by atoms with Gasteiger partial charge in [-0.1, -0.05) is 6.07 Å². The Labute approximate surface area is 231 Å². The van der Waals surface area contributed by atoms with Gasteiger partial charge >= 0.3 is 5.97 Å². The van der Waals surface area contributed by atoms with E-state index in [0.29, 0.717) is 49.0 Å². The lowest BCUT2D eigenvalue weighted by atomic mass is 10.0. The van der Waals surface area contributed by atoms with Crippen molar-refractivity contribution in [1.82, 2.24) is 19.7 Å². The molecule has 4 aromatic rings. The molecule has 1 atom stereocenters. The van der Waals surface area contributed by atoms with Gasteiger partial charge in [0.15, 0.2) is 6.29 Å². The maximum Gasteiger partial charge on any atom is 0.305 e. The topological polar surface area (TPSA) is 130 Å². The first-order valence-electron chi connectivity index (χ1n) is 13.4. The zero-order chi connectivity index (χ0) is 27.5. The van der Waals surface area contributed by atoms with E-state index in [1.54, 1.807) is 17.1 Å². The molecule has 0 aliphatic carbocycles. The number of aliphatic carboxylic acids is 1. The van der Waals surface area contributed by atoms with Gasteiger partial charge in [0.25, 0.3) is 0 Å². The average Bonchev–Trinajstić information content (AvgIpc) is 3.66. The van der Waals surface area contributed by atoms with Crippen molar-refractivity contribution in [2.45, 2.75) is 38.0 Å². The summed E-state index contributed by atoms with van der Waals surface area (Å²) in [5, 5.41) is 18.5. The van der Waals surface area contributed by atoms with Crippen LogP contribution >= 0.6 is 0 Å². The van der Waals surface area contributed by atoms with Crippen LogP contribution in [-0.4, -0.2) is 64.3 Å². The molecular formula is C29H31N5O6. The molecule has 0 saturated carbocycles. The van der Waals surface area contributed by atoms with Gasteiger partial charge in [0, 0.05) is 30.2 Å². The second kappa shape index (κ2) is 11.5. The number of carbonyl (C=O) groups is 1. The van der Waals surface area contributed by atoms with E-state index in [2.05, 4.69) is 27.5 Å². The Hall–Kier alpha value is -4.22. The quantitative estimate of drug-likeness (QED) is 0.302. The summed E-state index contributed by atoms with van der Waals surface area (Å²) in [4.78, 5) is 21.0. The van der Waals surface area contributed by atoms with Crippen LogP contribution in [0.5, 0.6) is 11.6 Å². The lowest BCUT2D eigenvalue weighted by Gasteiger charge is -2.20. The molecule has 1 aromatic carbocycles. The summed E-state index contributed by atoms with van der Waals surface area (Å²) in [6.45, 7) is 2.37. The molecule has 11 nitrogen and oxygen atoms in total. The lowest BCUT2D eigenvalue weighted by Crippen LogP contribution is -2.17. The number of anilines is 1. The summed E-state index contributed by atoms with van der Waals surface area (Å²) in [5.41, 5.74) is 4.31. The van der Waals surface area contributed by atoms with Crippen LogP contribution in [0.4, 0.5) is 5.82 Å². The second-order valence-electron chi connectivity index (χ2n) is 9.80. The van der Waals surface area contributed by atoms with E-state index in [4.69, 9.17) is 23.9 Å². The van der Waals surface area contributed by atoms with Gasteiger partial charge in [0.2, 0.25) is 5.88 Å². The fourth-order valence-corrected chi connectivity index (χ4v) is 5.21. The van der Waals surface area contributed by atoms with E-state index in [9.17, 15) is 9.90 Å². The van der Waals surface area contributed by atoms with Crippen molar-refractivity contribution in [3.63, 3.8) is 0 Å². The van der Waals surface area contributed by atoms with Crippen molar-refractivity contribution in [2.24, 2.45) is 0 Å². The minimum Gasteiger partial charge on any atom is -0.493 e. The predicted octanol–water partition coefficient (Wildman–Crippen LogP) is 3.92. The average molecular weight is 546 g/mol. The monoisotopic (exact) mass is 545 g/mol. The number of carboxylic acid groups (broad SMARTS) is 1. The summed E-state index contributed by atoms with van der Waals surface area (Å²) >= 11 is 0.